The number of ketones is 1. The number of rotatable bonds is 5. The van der Waals surface area contributed by atoms with Crippen LogP contribution in [0.25, 0.3) is 0 Å². The van der Waals surface area contributed by atoms with Crippen LogP contribution in [0.5, 0.6) is 0 Å². The molecule has 1 heterocycles. The average Bonchev–Trinajstić information content (AvgIpc) is 3.03. The van der Waals surface area contributed by atoms with Crippen LogP contribution in [0.2, 0.25) is 5.02 Å². The van der Waals surface area contributed by atoms with E-state index in [2.05, 4.69) is 0 Å². The number of benzene rings is 2. The molecule has 0 bridgehead atoms. The number of hydrogen-bond donors (Lipinski definition) is 0. The van der Waals surface area contributed by atoms with Crippen molar-refractivity contribution in [2.24, 2.45) is 17.8 Å². The van der Waals surface area contributed by atoms with E-state index in [4.69, 9.17) is 11.6 Å². The first-order chi connectivity index (χ1) is 14.9. The Morgan fingerprint density at radius 1 is 1.03 bits per heavy atom. The maximum absolute atomic E-state index is 13.4. The second-order valence-electron chi connectivity index (χ2n) is 7.78. The van der Waals surface area contributed by atoms with E-state index < -0.39 is 36.1 Å². The van der Waals surface area contributed by atoms with Gasteiger partial charge in [0.15, 0.2) is 5.78 Å². The molecule has 0 N–H and O–H groups in total. The van der Waals surface area contributed by atoms with Crippen LogP contribution in [0, 0.1) is 17.8 Å². The van der Waals surface area contributed by atoms with Crippen molar-refractivity contribution in [1.82, 2.24) is 10.0 Å². The Morgan fingerprint density at radius 3 is 2.39 bits per heavy atom. The van der Waals surface area contributed by atoms with Crippen LogP contribution in [0.3, 0.4) is 0 Å². The van der Waals surface area contributed by atoms with Gasteiger partial charge in [-0.05, 0) is 24.5 Å². The van der Waals surface area contributed by atoms with Gasteiger partial charge in [0.05, 0.1) is 22.4 Å². The molecule has 2 aromatic carbocycles. The molecule has 0 saturated carbocycles. The number of hydrazine groups is 1. The highest BCUT2D eigenvalue weighted by atomic mass is 35.5. The summed E-state index contributed by atoms with van der Waals surface area (Å²) in [5.74, 6) is -3.21. The van der Waals surface area contributed by atoms with E-state index in [0.29, 0.717) is 12.0 Å². The van der Waals surface area contributed by atoms with Crippen molar-refractivity contribution in [3.8, 4) is 0 Å². The molecular formula is C24H21ClN2O4. The summed E-state index contributed by atoms with van der Waals surface area (Å²) in [4.78, 5) is 52.8. The summed E-state index contributed by atoms with van der Waals surface area (Å²) < 4.78 is 0. The van der Waals surface area contributed by atoms with Crippen LogP contribution in [0.15, 0.2) is 66.7 Å². The molecule has 3 amide bonds. The highest BCUT2D eigenvalue weighted by Crippen LogP contribution is 2.39. The molecule has 158 valence electrons. The smallest absolute Gasteiger partial charge is 0.274 e. The Kier molecular flexibility index (Phi) is 5.74. The standard InChI is InChI=1S/C24H21ClN2O4/c1-15-8-7-12-18-21(15)24(31)27(23(18)30)26(14-20(28)16-9-3-2-4-10-16)22(29)17-11-5-6-13-19(17)25/h2-11,13,15,18,21H,12,14H2,1H3/t15-,18+,21+/m1/s1. The third-order valence-corrected chi connectivity index (χ3v) is 6.15. The predicted molar refractivity (Wildman–Crippen MR) is 115 cm³/mol. The summed E-state index contributed by atoms with van der Waals surface area (Å²) in [5.41, 5.74) is 0.498. The van der Waals surface area contributed by atoms with Gasteiger partial charge in [-0.3, -0.25) is 19.2 Å². The average molecular weight is 437 g/mol. The minimum Gasteiger partial charge on any atom is -0.292 e. The van der Waals surface area contributed by atoms with E-state index in [1.807, 2.05) is 19.1 Å². The summed E-state index contributed by atoms with van der Waals surface area (Å²) in [6.07, 6.45) is 4.22. The molecule has 0 unspecified atom stereocenters. The molecule has 7 heteroatoms. The molecule has 3 atom stereocenters. The number of imide groups is 1. The molecule has 0 radical (unpaired) electrons. The zero-order valence-corrected chi connectivity index (χ0v) is 17.7. The van der Waals surface area contributed by atoms with Gasteiger partial charge in [0.2, 0.25) is 0 Å². The Labute approximate surface area is 185 Å². The molecule has 1 aliphatic carbocycles. The van der Waals surface area contributed by atoms with E-state index in [1.54, 1.807) is 48.5 Å². The third kappa shape index (κ3) is 3.79. The van der Waals surface area contributed by atoms with Crippen LogP contribution >= 0.6 is 11.6 Å². The fraction of sp³-hybridized carbons (Fsp3) is 0.250. The monoisotopic (exact) mass is 436 g/mol. The lowest BCUT2D eigenvalue weighted by Crippen LogP contribution is -2.52. The van der Waals surface area contributed by atoms with Crippen LogP contribution in [-0.2, 0) is 9.59 Å². The van der Waals surface area contributed by atoms with Crippen LogP contribution < -0.4 is 0 Å². The second-order valence-corrected chi connectivity index (χ2v) is 8.18. The first-order valence-corrected chi connectivity index (χ1v) is 10.5. The van der Waals surface area contributed by atoms with E-state index in [0.717, 1.165) is 10.0 Å². The first kappa shape index (κ1) is 21.0. The molecule has 0 spiro atoms. The van der Waals surface area contributed by atoms with Crippen molar-refractivity contribution in [3.63, 3.8) is 0 Å². The number of carbonyl (C=O) groups is 4. The Morgan fingerprint density at radius 2 is 1.71 bits per heavy atom. The molecular weight excluding hydrogens is 416 g/mol. The molecule has 1 aliphatic heterocycles. The van der Waals surface area contributed by atoms with Gasteiger partial charge in [-0.1, -0.05) is 73.1 Å². The number of fused-ring (bicyclic) bond motifs is 1. The lowest BCUT2D eigenvalue weighted by atomic mass is 9.78. The van der Waals surface area contributed by atoms with Crippen LogP contribution in [-0.4, -0.2) is 40.1 Å². The minimum absolute atomic E-state index is 0.117. The maximum atomic E-state index is 13.4. The minimum atomic E-state index is -0.671. The normalized spacial score (nSPS) is 22.4. The Hall–Kier alpha value is -3.25. The van der Waals surface area contributed by atoms with Crippen LogP contribution in [0.1, 0.15) is 34.1 Å². The molecule has 1 fully saturated rings. The molecule has 2 aromatic rings. The lowest BCUT2D eigenvalue weighted by Gasteiger charge is -2.30. The summed E-state index contributed by atoms with van der Waals surface area (Å²) >= 11 is 6.21. The Bertz CT molecular complexity index is 1080. The van der Waals surface area contributed by atoms with Gasteiger partial charge in [0, 0.05) is 5.56 Å². The van der Waals surface area contributed by atoms with E-state index in [1.165, 1.54) is 6.07 Å². The molecule has 31 heavy (non-hydrogen) atoms. The van der Waals surface area contributed by atoms with Crippen molar-refractivity contribution in [2.45, 2.75) is 13.3 Å². The molecule has 0 aromatic heterocycles. The second kappa shape index (κ2) is 8.47. The van der Waals surface area contributed by atoms with Crippen molar-refractivity contribution in [2.75, 3.05) is 6.54 Å². The largest absolute Gasteiger partial charge is 0.292 e. The molecule has 1 saturated heterocycles. The number of carbonyl (C=O) groups excluding carboxylic acids is 4. The third-order valence-electron chi connectivity index (χ3n) is 5.82. The van der Waals surface area contributed by atoms with E-state index >= 15 is 0 Å². The van der Waals surface area contributed by atoms with Gasteiger partial charge < -0.3 is 0 Å². The number of hydrogen-bond acceptors (Lipinski definition) is 4. The van der Waals surface area contributed by atoms with Gasteiger partial charge in [-0.15, -0.1) is 0 Å². The molecule has 4 rings (SSSR count). The molecule has 6 nitrogen and oxygen atoms in total. The van der Waals surface area contributed by atoms with E-state index in [-0.39, 0.29) is 22.3 Å². The van der Waals surface area contributed by atoms with Crippen molar-refractivity contribution in [1.29, 1.82) is 0 Å². The number of allylic oxidation sites excluding steroid dienone is 2. The van der Waals surface area contributed by atoms with Crippen LogP contribution in [0.4, 0.5) is 0 Å². The van der Waals surface area contributed by atoms with Gasteiger partial charge in [-0.25, -0.2) is 5.01 Å². The summed E-state index contributed by atoms with van der Waals surface area (Å²) in [5, 5.41) is 1.99. The Balaban J connectivity index is 1.73. The van der Waals surface area contributed by atoms with Crippen molar-refractivity contribution >= 4 is 35.1 Å². The fourth-order valence-corrected chi connectivity index (χ4v) is 4.44. The maximum Gasteiger partial charge on any atom is 0.274 e. The highest BCUT2D eigenvalue weighted by Gasteiger charge is 2.53. The quantitative estimate of drug-likeness (QED) is 0.406. The number of Topliss-reactive ketones (excluding diaryl/α,β-unsaturated/α-hetero) is 1. The number of amides is 3. The van der Waals surface area contributed by atoms with Crippen molar-refractivity contribution in [3.05, 3.63) is 82.9 Å². The zero-order chi connectivity index (χ0) is 22.1. The van der Waals surface area contributed by atoms with Crippen molar-refractivity contribution < 1.29 is 19.2 Å². The summed E-state index contributed by atoms with van der Waals surface area (Å²) in [6, 6.07) is 14.8. The summed E-state index contributed by atoms with van der Waals surface area (Å²) in [7, 11) is 0. The van der Waals surface area contributed by atoms with E-state index in [9.17, 15) is 19.2 Å². The SMILES string of the molecule is C[C@@H]1C=CC[C@@H]2C(=O)N(N(CC(=O)c3ccccc3)C(=O)c3ccccc3Cl)C(=O)[C@@H]12. The van der Waals surface area contributed by atoms with Gasteiger partial charge in [-0.2, -0.15) is 5.01 Å². The van der Waals surface area contributed by atoms with Gasteiger partial charge in [0.1, 0.15) is 6.54 Å². The predicted octanol–water partition coefficient (Wildman–Crippen LogP) is 3.78. The van der Waals surface area contributed by atoms with Gasteiger partial charge in [0.25, 0.3) is 17.7 Å². The van der Waals surface area contributed by atoms with Gasteiger partial charge >= 0.3 is 0 Å². The lowest BCUT2D eigenvalue weighted by molar-refractivity contribution is -0.154. The number of halogens is 1. The molecule has 2 aliphatic rings. The zero-order valence-electron chi connectivity index (χ0n) is 16.9. The first-order valence-electron chi connectivity index (χ1n) is 10.1. The number of nitrogens with zero attached hydrogens (tertiary/aromatic N) is 2. The topological polar surface area (TPSA) is 74.8 Å². The summed E-state index contributed by atoms with van der Waals surface area (Å²) in [6.45, 7) is 1.42. The fourth-order valence-electron chi connectivity index (χ4n) is 4.23. The highest BCUT2D eigenvalue weighted by molar-refractivity contribution is 6.34.